The fourth-order valence-corrected chi connectivity index (χ4v) is 3.76. The molecule has 1 aromatic rings. The van der Waals surface area contributed by atoms with E-state index in [1.807, 2.05) is 6.92 Å². The first-order valence-corrected chi connectivity index (χ1v) is 10.5. The molecule has 1 heterocycles. The fraction of sp³-hybridized carbons (Fsp3) is 0.476. The summed E-state index contributed by atoms with van der Waals surface area (Å²) in [6.07, 6.45) is 2.07. The predicted molar refractivity (Wildman–Crippen MR) is 113 cm³/mol. The lowest BCUT2D eigenvalue weighted by molar-refractivity contribution is -0.139. The number of ketones is 1. The van der Waals surface area contributed by atoms with Crippen molar-refractivity contribution in [2.45, 2.75) is 44.7 Å². The highest BCUT2D eigenvalue weighted by Gasteiger charge is 2.36. The minimum atomic E-state index is -1.21. The lowest BCUT2D eigenvalue weighted by Gasteiger charge is -2.20. The molecule has 10 heteroatoms. The van der Waals surface area contributed by atoms with Crippen molar-refractivity contribution in [3.63, 3.8) is 0 Å². The van der Waals surface area contributed by atoms with Gasteiger partial charge < -0.3 is 21.3 Å². The molecular formula is C21H25ClN4O5. The number of hydrogen-bond donors (Lipinski definition) is 4. The molecule has 0 unspecified atom stereocenters. The number of rotatable bonds is 8. The third-order valence-electron chi connectivity index (χ3n) is 5.42. The quantitative estimate of drug-likeness (QED) is 0.440. The molecule has 3 atom stereocenters. The van der Waals surface area contributed by atoms with Crippen molar-refractivity contribution in [1.29, 1.82) is 0 Å². The monoisotopic (exact) mass is 448 g/mol. The average molecular weight is 449 g/mol. The molecular weight excluding hydrogens is 424 g/mol. The first kappa shape index (κ1) is 22.7. The Morgan fingerprint density at radius 2 is 1.94 bits per heavy atom. The minimum absolute atomic E-state index is 0.0154. The van der Waals surface area contributed by atoms with Crippen molar-refractivity contribution >= 4 is 46.7 Å². The van der Waals surface area contributed by atoms with Crippen LogP contribution >= 0.6 is 11.6 Å². The first-order chi connectivity index (χ1) is 14.7. The predicted octanol–water partition coefficient (Wildman–Crippen LogP) is 1.02. The van der Waals surface area contributed by atoms with Gasteiger partial charge in [-0.1, -0.05) is 11.6 Å². The van der Waals surface area contributed by atoms with Gasteiger partial charge in [0, 0.05) is 29.9 Å². The average Bonchev–Trinajstić information content (AvgIpc) is 3.53. The van der Waals surface area contributed by atoms with E-state index in [1.165, 1.54) is 25.2 Å². The SMILES string of the molecule is CNC(=O)C(=O)[C@H](C[C@@H]1C[C@@H](C)NC1=O)NC(=O)c1cc(Cl)ccc1NC(=O)C1CC1. The second-order valence-electron chi connectivity index (χ2n) is 8.00. The zero-order chi connectivity index (χ0) is 22.7. The van der Waals surface area contributed by atoms with Crippen LogP contribution in [0.15, 0.2) is 18.2 Å². The summed E-state index contributed by atoms with van der Waals surface area (Å²) in [5.74, 6) is -3.40. The Bertz CT molecular complexity index is 930. The molecule has 166 valence electrons. The zero-order valence-corrected chi connectivity index (χ0v) is 18.0. The summed E-state index contributed by atoms with van der Waals surface area (Å²) in [6, 6.07) is 3.17. The van der Waals surface area contributed by atoms with Gasteiger partial charge in [0.25, 0.3) is 11.8 Å². The lowest BCUT2D eigenvalue weighted by Crippen LogP contribution is -2.48. The van der Waals surface area contributed by atoms with Crippen molar-refractivity contribution < 1.29 is 24.0 Å². The maximum atomic E-state index is 13.0. The van der Waals surface area contributed by atoms with E-state index in [0.717, 1.165) is 12.8 Å². The van der Waals surface area contributed by atoms with Crippen LogP contribution in [0.5, 0.6) is 0 Å². The van der Waals surface area contributed by atoms with Crippen molar-refractivity contribution in [1.82, 2.24) is 16.0 Å². The summed E-state index contributed by atoms with van der Waals surface area (Å²) in [5, 5.41) is 10.6. The van der Waals surface area contributed by atoms with Crippen LogP contribution in [-0.2, 0) is 19.2 Å². The van der Waals surface area contributed by atoms with E-state index >= 15 is 0 Å². The Morgan fingerprint density at radius 3 is 2.52 bits per heavy atom. The van der Waals surface area contributed by atoms with Gasteiger partial charge in [0.2, 0.25) is 17.6 Å². The van der Waals surface area contributed by atoms with Crippen molar-refractivity contribution in [3.05, 3.63) is 28.8 Å². The van der Waals surface area contributed by atoms with Gasteiger partial charge in [-0.15, -0.1) is 0 Å². The zero-order valence-electron chi connectivity index (χ0n) is 17.3. The molecule has 31 heavy (non-hydrogen) atoms. The Balaban J connectivity index is 1.81. The second-order valence-corrected chi connectivity index (χ2v) is 8.44. The third kappa shape index (κ3) is 5.61. The smallest absolute Gasteiger partial charge is 0.289 e. The van der Waals surface area contributed by atoms with E-state index in [-0.39, 0.29) is 46.5 Å². The van der Waals surface area contributed by atoms with Gasteiger partial charge in [0.05, 0.1) is 17.3 Å². The maximum absolute atomic E-state index is 13.0. The number of halogens is 1. The highest BCUT2D eigenvalue weighted by molar-refractivity contribution is 6.38. The number of carbonyl (C=O) groups is 5. The molecule has 9 nitrogen and oxygen atoms in total. The fourth-order valence-electron chi connectivity index (χ4n) is 3.58. The number of nitrogens with one attached hydrogen (secondary N) is 4. The Kier molecular flexibility index (Phi) is 6.94. The van der Waals surface area contributed by atoms with E-state index < -0.39 is 29.6 Å². The highest BCUT2D eigenvalue weighted by atomic mass is 35.5. The molecule has 0 spiro atoms. The van der Waals surface area contributed by atoms with E-state index in [4.69, 9.17) is 11.6 Å². The largest absolute Gasteiger partial charge is 0.353 e. The maximum Gasteiger partial charge on any atom is 0.289 e. The Hall–Kier alpha value is -2.94. The van der Waals surface area contributed by atoms with Gasteiger partial charge in [0.15, 0.2) is 0 Å². The van der Waals surface area contributed by atoms with Crippen LogP contribution in [0.25, 0.3) is 0 Å². The van der Waals surface area contributed by atoms with Crippen molar-refractivity contribution in [2.24, 2.45) is 11.8 Å². The summed E-state index contributed by atoms with van der Waals surface area (Å²) < 4.78 is 0. The molecule has 0 aromatic heterocycles. The number of Topliss-reactive ketones (excluding diaryl/α,β-unsaturated/α-hetero) is 1. The summed E-state index contributed by atoms with van der Waals surface area (Å²) in [7, 11) is 1.31. The van der Waals surface area contributed by atoms with Crippen LogP contribution < -0.4 is 21.3 Å². The molecule has 4 amide bonds. The van der Waals surface area contributed by atoms with Crippen LogP contribution in [0.3, 0.4) is 0 Å². The molecule has 1 saturated heterocycles. The van der Waals surface area contributed by atoms with E-state index in [0.29, 0.717) is 6.42 Å². The van der Waals surface area contributed by atoms with E-state index in [1.54, 1.807) is 0 Å². The van der Waals surface area contributed by atoms with Gasteiger partial charge in [-0.2, -0.15) is 0 Å². The van der Waals surface area contributed by atoms with E-state index in [2.05, 4.69) is 21.3 Å². The standard InChI is InChI=1S/C21H25ClN4O5/c1-10-7-12(19(29)24-10)8-16(17(27)21(31)23-2)26-20(30)14-9-13(22)5-6-15(14)25-18(28)11-3-4-11/h5-6,9-12,16H,3-4,7-8H2,1-2H3,(H,23,31)(H,24,29)(H,25,28)(H,26,30)/t10-,12+,16+/m1/s1. The topological polar surface area (TPSA) is 133 Å². The molecule has 4 N–H and O–H groups in total. The lowest BCUT2D eigenvalue weighted by atomic mass is 9.93. The summed E-state index contributed by atoms with van der Waals surface area (Å²) in [5.41, 5.74) is 0.331. The molecule has 1 aliphatic carbocycles. The number of anilines is 1. The molecule has 3 rings (SSSR count). The Morgan fingerprint density at radius 1 is 1.23 bits per heavy atom. The van der Waals surface area contributed by atoms with E-state index in [9.17, 15) is 24.0 Å². The molecule has 1 aromatic carbocycles. The first-order valence-electron chi connectivity index (χ1n) is 10.2. The van der Waals surface area contributed by atoms with Gasteiger partial charge >= 0.3 is 0 Å². The van der Waals surface area contributed by atoms with Crippen LogP contribution in [0, 0.1) is 11.8 Å². The van der Waals surface area contributed by atoms with Crippen LogP contribution in [0.4, 0.5) is 5.69 Å². The summed E-state index contributed by atoms with van der Waals surface area (Å²) >= 11 is 6.04. The molecule has 2 fully saturated rings. The summed E-state index contributed by atoms with van der Waals surface area (Å²) in [4.78, 5) is 61.9. The van der Waals surface area contributed by atoms with Crippen LogP contribution in [0.1, 0.15) is 43.0 Å². The van der Waals surface area contributed by atoms with Crippen LogP contribution in [0.2, 0.25) is 5.02 Å². The molecule has 1 aliphatic heterocycles. The normalized spacial score (nSPS) is 21.1. The van der Waals surface area contributed by atoms with Crippen molar-refractivity contribution in [2.75, 3.05) is 12.4 Å². The highest BCUT2D eigenvalue weighted by Crippen LogP contribution is 2.31. The van der Waals surface area contributed by atoms with Gasteiger partial charge in [-0.05, 0) is 50.8 Å². The molecule has 0 bridgehead atoms. The number of likely N-dealkylation sites (N-methyl/N-ethyl adjacent to an activating group) is 1. The molecule has 2 aliphatic rings. The minimum Gasteiger partial charge on any atom is -0.353 e. The number of amides is 4. The third-order valence-corrected chi connectivity index (χ3v) is 5.66. The molecule has 1 saturated carbocycles. The van der Waals surface area contributed by atoms with Crippen molar-refractivity contribution in [3.8, 4) is 0 Å². The number of benzene rings is 1. The van der Waals surface area contributed by atoms with Gasteiger partial charge in [-0.25, -0.2) is 0 Å². The van der Waals surface area contributed by atoms with Gasteiger partial charge in [0.1, 0.15) is 0 Å². The number of carbonyl (C=O) groups excluding carboxylic acids is 5. The van der Waals surface area contributed by atoms with Crippen LogP contribution in [-0.4, -0.2) is 48.5 Å². The van der Waals surface area contributed by atoms with Gasteiger partial charge in [-0.3, -0.25) is 24.0 Å². The number of hydrogen-bond acceptors (Lipinski definition) is 5. The Labute approximate surface area is 184 Å². The second kappa shape index (κ2) is 9.47. The molecule has 0 radical (unpaired) electrons. The summed E-state index contributed by atoms with van der Waals surface area (Å²) in [6.45, 7) is 1.84.